The third-order valence-electron chi connectivity index (χ3n) is 5.06. The second kappa shape index (κ2) is 8.28. The van der Waals surface area contributed by atoms with Gasteiger partial charge in [0.15, 0.2) is 0 Å². The molecule has 0 spiro atoms. The summed E-state index contributed by atoms with van der Waals surface area (Å²) in [6.45, 7) is 7.62. The Morgan fingerprint density at radius 2 is 2.03 bits per heavy atom. The van der Waals surface area contributed by atoms with E-state index in [1.165, 1.54) is 0 Å². The van der Waals surface area contributed by atoms with Crippen LogP contribution in [-0.4, -0.2) is 33.5 Å². The maximum atomic E-state index is 13.4. The van der Waals surface area contributed by atoms with E-state index in [4.69, 9.17) is 11.6 Å². The fourth-order valence-corrected chi connectivity index (χ4v) is 3.69. The van der Waals surface area contributed by atoms with Crippen LogP contribution in [0.3, 0.4) is 0 Å². The van der Waals surface area contributed by atoms with E-state index >= 15 is 0 Å². The predicted molar refractivity (Wildman–Crippen MR) is 109 cm³/mol. The molecule has 1 atom stereocenters. The van der Waals surface area contributed by atoms with Crippen molar-refractivity contribution in [1.82, 2.24) is 9.88 Å². The number of nitrogens with zero attached hydrogens (tertiary/aromatic N) is 2. The van der Waals surface area contributed by atoms with E-state index in [2.05, 4.69) is 16.9 Å². The van der Waals surface area contributed by atoms with E-state index in [9.17, 15) is 23.1 Å². The number of rotatable bonds is 6. The number of anilines is 1. The number of aliphatic hydroxyl groups excluding tert-OH is 1. The molecule has 160 valence electrons. The van der Waals surface area contributed by atoms with Crippen LogP contribution in [0.2, 0.25) is 5.15 Å². The van der Waals surface area contributed by atoms with Crippen molar-refractivity contribution in [2.45, 2.75) is 32.6 Å². The second-order valence-corrected chi connectivity index (χ2v) is 7.79. The Morgan fingerprint density at radius 1 is 1.33 bits per heavy atom. The summed E-state index contributed by atoms with van der Waals surface area (Å²) in [4.78, 5) is 18.4. The van der Waals surface area contributed by atoms with Crippen LogP contribution in [0, 0.1) is 5.92 Å². The van der Waals surface area contributed by atoms with E-state index in [1.807, 2.05) is 13.8 Å². The quantitative estimate of drug-likeness (QED) is 0.634. The molecule has 0 bridgehead atoms. The van der Waals surface area contributed by atoms with Crippen LogP contribution >= 0.6 is 11.6 Å². The largest absolute Gasteiger partial charge is 0.418 e. The lowest BCUT2D eigenvalue weighted by atomic mass is 10.0. The highest BCUT2D eigenvalue weighted by Crippen LogP contribution is 2.37. The van der Waals surface area contributed by atoms with Crippen molar-refractivity contribution in [2.75, 3.05) is 11.9 Å². The molecular weight excluding hydrogens is 419 g/mol. The molecule has 1 aromatic heterocycles. The monoisotopic (exact) mass is 439 g/mol. The number of hydrogen-bond donors (Lipinski definition) is 2. The van der Waals surface area contributed by atoms with Crippen molar-refractivity contribution in [2.24, 2.45) is 5.92 Å². The van der Waals surface area contributed by atoms with Crippen molar-refractivity contribution < 1.29 is 23.1 Å². The number of aliphatic hydroxyl groups is 1. The van der Waals surface area contributed by atoms with E-state index in [0.29, 0.717) is 23.4 Å². The van der Waals surface area contributed by atoms with Gasteiger partial charge in [0.1, 0.15) is 5.15 Å². The summed E-state index contributed by atoms with van der Waals surface area (Å²) in [6, 6.07) is 6.59. The molecule has 1 aromatic carbocycles. The van der Waals surface area contributed by atoms with Crippen LogP contribution in [0.4, 0.5) is 18.9 Å². The molecule has 0 saturated heterocycles. The zero-order valence-corrected chi connectivity index (χ0v) is 17.2. The van der Waals surface area contributed by atoms with E-state index < -0.39 is 17.4 Å². The summed E-state index contributed by atoms with van der Waals surface area (Å²) >= 11 is 5.80. The highest BCUT2D eigenvalue weighted by atomic mass is 35.5. The topological polar surface area (TPSA) is 65.5 Å². The van der Waals surface area contributed by atoms with E-state index in [1.54, 1.807) is 23.1 Å². The third kappa shape index (κ3) is 4.15. The number of carbonyl (C=O) groups excluding carboxylic acids is 1. The van der Waals surface area contributed by atoms with Gasteiger partial charge in [-0.25, -0.2) is 4.98 Å². The molecule has 9 heteroatoms. The molecule has 2 heterocycles. The normalized spacial score (nSPS) is 14.8. The van der Waals surface area contributed by atoms with Crippen LogP contribution in [0.25, 0.3) is 5.70 Å². The van der Waals surface area contributed by atoms with E-state index in [0.717, 1.165) is 12.1 Å². The number of hydrogen-bond acceptors (Lipinski definition) is 4. The summed E-state index contributed by atoms with van der Waals surface area (Å²) in [5.41, 5.74) is -0.178. The van der Waals surface area contributed by atoms with Gasteiger partial charge in [-0.15, -0.1) is 0 Å². The minimum atomic E-state index is -4.64. The van der Waals surface area contributed by atoms with Crippen LogP contribution < -0.4 is 5.32 Å². The van der Waals surface area contributed by atoms with Gasteiger partial charge >= 0.3 is 6.18 Å². The number of carbonyl (C=O) groups is 1. The lowest BCUT2D eigenvalue weighted by Crippen LogP contribution is -2.41. The van der Waals surface area contributed by atoms with Gasteiger partial charge in [-0.2, -0.15) is 13.2 Å². The lowest BCUT2D eigenvalue weighted by molar-refractivity contribution is -0.138. The maximum absolute atomic E-state index is 13.4. The summed E-state index contributed by atoms with van der Waals surface area (Å²) in [5, 5.41) is 12.4. The van der Waals surface area contributed by atoms with Crippen molar-refractivity contribution in [3.05, 3.63) is 64.4 Å². The average Bonchev–Trinajstić information content (AvgIpc) is 2.98. The van der Waals surface area contributed by atoms with Gasteiger partial charge in [0.05, 0.1) is 40.9 Å². The van der Waals surface area contributed by atoms with Gasteiger partial charge in [0.2, 0.25) is 0 Å². The number of aromatic nitrogens is 1. The van der Waals surface area contributed by atoms with Crippen molar-refractivity contribution in [1.29, 1.82) is 0 Å². The first kappa shape index (κ1) is 22.1. The summed E-state index contributed by atoms with van der Waals surface area (Å²) in [6.07, 6.45) is -4.64. The smallest absolute Gasteiger partial charge is 0.394 e. The molecule has 1 aliphatic heterocycles. The standard InChI is InChI=1S/C21H21ClF3N3O2/c1-11(2)16(10-29)28-9-13-5-4-6-15(18(13)20(28)30)26-12(3)19-14(21(23,24)25)7-8-17(22)27-19/h4-8,11,16,26,29H,3,9-10H2,1-2H3. The van der Waals surface area contributed by atoms with Crippen LogP contribution in [0.1, 0.15) is 41.0 Å². The number of alkyl halides is 3. The third-order valence-corrected chi connectivity index (χ3v) is 5.27. The second-order valence-electron chi connectivity index (χ2n) is 7.40. The number of benzene rings is 1. The molecular formula is C21H21ClF3N3O2. The highest BCUT2D eigenvalue weighted by Gasteiger charge is 2.37. The Bertz CT molecular complexity index is 992. The van der Waals surface area contributed by atoms with Gasteiger partial charge in [0.25, 0.3) is 5.91 Å². The number of amides is 1. The molecule has 1 aliphatic rings. The Morgan fingerprint density at radius 3 is 2.63 bits per heavy atom. The lowest BCUT2D eigenvalue weighted by Gasteiger charge is -2.29. The maximum Gasteiger partial charge on any atom is 0.418 e. The minimum Gasteiger partial charge on any atom is -0.394 e. The van der Waals surface area contributed by atoms with Gasteiger partial charge < -0.3 is 15.3 Å². The van der Waals surface area contributed by atoms with Gasteiger partial charge in [-0.1, -0.05) is 44.2 Å². The van der Waals surface area contributed by atoms with Crippen molar-refractivity contribution >= 4 is 28.9 Å². The Kier molecular flexibility index (Phi) is 6.10. The molecule has 0 fully saturated rings. The number of fused-ring (bicyclic) bond motifs is 1. The number of nitrogens with one attached hydrogen (secondary N) is 1. The average molecular weight is 440 g/mol. The van der Waals surface area contributed by atoms with Crippen LogP contribution in [-0.2, 0) is 12.7 Å². The minimum absolute atomic E-state index is 0.0321. The summed E-state index contributed by atoms with van der Waals surface area (Å²) < 4.78 is 40.1. The van der Waals surface area contributed by atoms with Crippen LogP contribution in [0.5, 0.6) is 0 Å². The number of halogens is 4. The zero-order chi connectivity index (χ0) is 22.2. The molecule has 0 aliphatic carbocycles. The van der Waals surface area contributed by atoms with Crippen molar-refractivity contribution in [3.8, 4) is 0 Å². The molecule has 30 heavy (non-hydrogen) atoms. The Hall–Kier alpha value is -2.58. The van der Waals surface area contributed by atoms with Gasteiger partial charge in [-0.05, 0) is 29.7 Å². The Labute approximate surface area is 177 Å². The Balaban J connectivity index is 1.96. The fourth-order valence-electron chi connectivity index (χ4n) is 3.54. The summed E-state index contributed by atoms with van der Waals surface area (Å²) in [5.74, 6) is -0.270. The van der Waals surface area contributed by atoms with Gasteiger partial charge in [-0.3, -0.25) is 4.79 Å². The molecule has 3 rings (SSSR count). The van der Waals surface area contributed by atoms with Gasteiger partial charge in [0, 0.05) is 6.54 Å². The van der Waals surface area contributed by atoms with E-state index in [-0.39, 0.29) is 35.3 Å². The van der Waals surface area contributed by atoms with Crippen LogP contribution in [0.15, 0.2) is 36.9 Å². The first-order chi connectivity index (χ1) is 14.0. The molecule has 1 amide bonds. The molecule has 2 aromatic rings. The molecule has 0 radical (unpaired) electrons. The molecule has 5 nitrogen and oxygen atoms in total. The number of pyridine rings is 1. The molecule has 1 unspecified atom stereocenters. The highest BCUT2D eigenvalue weighted by molar-refractivity contribution is 6.29. The first-order valence-corrected chi connectivity index (χ1v) is 9.66. The predicted octanol–water partition coefficient (Wildman–Crippen LogP) is 4.81. The SMILES string of the molecule is C=C(Nc1cccc2c1C(=O)N(C(CO)C(C)C)C2)c1nc(Cl)ccc1C(F)(F)F. The first-order valence-electron chi connectivity index (χ1n) is 9.28. The molecule has 2 N–H and O–H groups in total. The summed E-state index contributed by atoms with van der Waals surface area (Å²) in [7, 11) is 0. The molecule has 0 saturated carbocycles. The van der Waals surface area contributed by atoms with Crippen molar-refractivity contribution in [3.63, 3.8) is 0 Å². The zero-order valence-electron chi connectivity index (χ0n) is 16.4. The fraction of sp³-hybridized carbons (Fsp3) is 0.333.